The van der Waals surface area contributed by atoms with E-state index in [9.17, 15) is 0 Å². The molecule has 0 atom stereocenters. The number of rotatable bonds is 11. The van der Waals surface area contributed by atoms with Crippen LogP contribution in [0.4, 0.5) is 0 Å². The van der Waals surface area contributed by atoms with E-state index in [1.807, 2.05) is 19.2 Å². The van der Waals surface area contributed by atoms with Gasteiger partial charge in [-0.1, -0.05) is 112 Å². The van der Waals surface area contributed by atoms with Gasteiger partial charge in [-0.3, -0.25) is 9.97 Å². The lowest BCUT2D eigenvalue weighted by molar-refractivity contribution is -0.660. The first-order valence-electron chi connectivity index (χ1n) is 31.0. The Balaban J connectivity index is 0.000000131. The summed E-state index contributed by atoms with van der Waals surface area (Å²) < 4.78 is 8.66. The summed E-state index contributed by atoms with van der Waals surface area (Å²) in [5.74, 6) is 2.02. The monoisotopic (exact) mass is 1170 g/mol. The van der Waals surface area contributed by atoms with Gasteiger partial charge in [0.15, 0.2) is 30.6 Å². The van der Waals surface area contributed by atoms with Gasteiger partial charge in [0.05, 0.1) is 39.3 Å². The largest absolute Gasteiger partial charge is 0.253 e. The Labute approximate surface area is 526 Å². The zero-order valence-corrected chi connectivity index (χ0v) is 53.3. The minimum absolute atomic E-state index is 0.618. The summed E-state index contributed by atoms with van der Waals surface area (Å²) in [5, 5.41) is 0. The molecule has 89 heavy (non-hydrogen) atoms. The second kappa shape index (κ2) is 29.6. The molecule has 0 N–H and O–H groups in total. The van der Waals surface area contributed by atoms with Gasteiger partial charge in [-0.25, -0.2) is 38.2 Å². The van der Waals surface area contributed by atoms with E-state index in [-0.39, 0.29) is 0 Å². The van der Waals surface area contributed by atoms with E-state index >= 15 is 0 Å². The Bertz CT molecular complexity index is 4200. The summed E-state index contributed by atoms with van der Waals surface area (Å²) in [5.41, 5.74) is 24.9. The molecule has 0 bridgehead atoms. The van der Waals surface area contributed by atoms with E-state index < -0.39 is 0 Å². The van der Waals surface area contributed by atoms with Gasteiger partial charge in [0, 0.05) is 82.4 Å². The van der Waals surface area contributed by atoms with Crippen molar-refractivity contribution in [1.29, 1.82) is 0 Å². The molecule has 1 saturated carbocycles. The van der Waals surface area contributed by atoms with E-state index in [1.54, 1.807) is 24.9 Å². The van der Waals surface area contributed by atoms with Crippen LogP contribution in [0.2, 0.25) is 0 Å². The maximum atomic E-state index is 4.97. The predicted molar refractivity (Wildman–Crippen MR) is 359 cm³/mol. The van der Waals surface area contributed by atoms with Crippen LogP contribution in [0, 0.1) is 33.6 Å². The zero-order valence-electron chi connectivity index (χ0n) is 53.3. The van der Waals surface area contributed by atoms with Crippen molar-refractivity contribution in [2.45, 2.75) is 79.6 Å². The van der Waals surface area contributed by atoms with E-state index in [1.165, 1.54) is 104 Å². The summed E-state index contributed by atoms with van der Waals surface area (Å²) >= 11 is 0. The maximum Gasteiger partial charge on any atom is 0.212 e. The van der Waals surface area contributed by atoms with Crippen LogP contribution in [-0.2, 0) is 34.6 Å². The van der Waals surface area contributed by atoms with Gasteiger partial charge in [0.1, 0.15) is 34.5 Å². The highest BCUT2D eigenvalue weighted by atomic mass is 14.9. The molecule has 8 heterocycles. The average Bonchev–Trinajstić information content (AvgIpc) is 2.89. The first kappa shape index (κ1) is 62.0. The van der Waals surface area contributed by atoms with Crippen molar-refractivity contribution >= 4 is 0 Å². The number of aromatic nitrogens is 10. The van der Waals surface area contributed by atoms with Crippen LogP contribution in [0.15, 0.2) is 244 Å². The molecule has 1 fully saturated rings. The van der Waals surface area contributed by atoms with Crippen molar-refractivity contribution in [1.82, 2.24) is 29.9 Å². The molecule has 13 rings (SSSR count). The van der Waals surface area contributed by atoms with Gasteiger partial charge in [-0.05, 0) is 160 Å². The van der Waals surface area contributed by atoms with Gasteiger partial charge in [-0.15, -0.1) is 0 Å². The molecule has 1 aliphatic rings. The summed E-state index contributed by atoms with van der Waals surface area (Å²) in [6.45, 7) is 13.0. The van der Waals surface area contributed by atoms with Crippen molar-refractivity contribution in [2.75, 3.05) is 0 Å². The van der Waals surface area contributed by atoms with Gasteiger partial charge in [-0.2, -0.15) is 0 Å². The van der Waals surface area contributed by atoms with Crippen LogP contribution < -0.4 is 18.3 Å². The average molecular weight is 1170 g/mol. The van der Waals surface area contributed by atoms with E-state index in [4.69, 9.17) is 9.97 Å². The number of pyridine rings is 6. The highest BCUT2D eigenvalue weighted by Gasteiger charge is 2.21. The Morgan fingerprint density at radius 2 is 0.787 bits per heavy atom. The lowest BCUT2D eigenvalue weighted by Crippen LogP contribution is -2.31. The van der Waals surface area contributed by atoms with Crippen molar-refractivity contribution in [3.05, 3.63) is 277 Å². The standard InChI is InChI=1S/C23H25N2.C22H25N2.2C17H16N3/c1-17-8-3-6-11-20(17)23-15-14-19(16-25(23)2)22-13-7-12-21(24-22)18-9-4-5-10-18;1-16(2)14-19-9-7-11-21(23-19)18-12-13-22(24(4)15-18)20-10-6-5-8-17(20)3;1-13-6-3-4-7-15(13)16-9-8-14(12-20(16)2)17-18-10-5-11-19-17;1-13-5-3-4-6-15(13)17-8-7-14(11-20(17)2)16-9-10-18-12-19-16/h3,6-8,11-16,18H,4-5,9-10H2,1-2H3;5-13,15-16H,14H2,1-4H3;2*3-12H,1-2H3/q4*+1. The van der Waals surface area contributed by atoms with Gasteiger partial charge < -0.3 is 0 Å². The molecule has 0 saturated heterocycles. The fourth-order valence-electron chi connectivity index (χ4n) is 11.7. The Morgan fingerprint density at radius 1 is 0.382 bits per heavy atom. The SMILES string of the molecule is Cc1ccccc1-c1ccc(-c2cccc(C3CCCC3)n2)c[n+]1C.Cc1ccccc1-c1ccc(-c2cccc(CC(C)C)n2)c[n+]1C.Cc1ccccc1-c1ccc(-c2ccncn2)c[n+]1C.Cc1ccccc1-c1ccc(-c2ncccn2)c[n+]1C. The molecular formula is C79H82N10+4. The summed E-state index contributed by atoms with van der Waals surface area (Å²) in [6, 6.07) is 67.6. The topological polar surface area (TPSA) is 92.9 Å². The van der Waals surface area contributed by atoms with Crippen molar-refractivity contribution in [2.24, 2.45) is 34.1 Å². The van der Waals surface area contributed by atoms with Crippen molar-refractivity contribution < 1.29 is 18.3 Å². The highest BCUT2D eigenvalue weighted by molar-refractivity contribution is 5.68. The second-order valence-electron chi connectivity index (χ2n) is 23.6. The third-order valence-corrected chi connectivity index (χ3v) is 16.5. The molecule has 1 aliphatic carbocycles. The molecule has 4 aromatic carbocycles. The van der Waals surface area contributed by atoms with Crippen molar-refractivity contribution in [3.8, 4) is 90.2 Å². The molecule has 0 radical (unpaired) electrons. The maximum absolute atomic E-state index is 4.97. The molecule has 0 amide bonds. The minimum atomic E-state index is 0.618. The minimum Gasteiger partial charge on any atom is -0.253 e. The zero-order chi connectivity index (χ0) is 62.2. The normalized spacial score (nSPS) is 11.9. The van der Waals surface area contributed by atoms with Crippen LogP contribution in [0.3, 0.4) is 0 Å². The first-order valence-corrected chi connectivity index (χ1v) is 31.0. The smallest absolute Gasteiger partial charge is 0.212 e. The number of nitrogens with zero attached hydrogens (tertiary/aromatic N) is 10. The van der Waals surface area contributed by atoms with Crippen molar-refractivity contribution in [3.63, 3.8) is 0 Å². The summed E-state index contributed by atoms with van der Waals surface area (Å²) in [7, 11) is 8.33. The lowest BCUT2D eigenvalue weighted by Gasteiger charge is -2.10. The fourth-order valence-corrected chi connectivity index (χ4v) is 11.7. The number of aryl methyl sites for hydroxylation is 8. The van der Waals surface area contributed by atoms with E-state index in [0.29, 0.717) is 11.8 Å². The molecular weight excluding hydrogens is 1090 g/mol. The second-order valence-corrected chi connectivity index (χ2v) is 23.6. The van der Waals surface area contributed by atoms with E-state index in [2.05, 4.69) is 308 Å². The number of hydrogen-bond donors (Lipinski definition) is 0. The van der Waals surface area contributed by atoms with Gasteiger partial charge >= 0.3 is 0 Å². The lowest BCUT2D eigenvalue weighted by atomic mass is 10.0. The van der Waals surface area contributed by atoms with Gasteiger partial charge in [0.25, 0.3) is 0 Å². The first-order chi connectivity index (χ1) is 43.3. The van der Waals surface area contributed by atoms with Crippen LogP contribution in [0.25, 0.3) is 90.2 Å². The Hall–Kier alpha value is -10.1. The molecule has 8 aromatic heterocycles. The molecule has 444 valence electrons. The molecule has 0 spiro atoms. The van der Waals surface area contributed by atoms with E-state index in [0.717, 1.165) is 51.7 Å². The van der Waals surface area contributed by atoms with Crippen LogP contribution in [0.1, 0.15) is 79.1 Å². The summed E-state index contributed by atoms with van der Waals surface area (Å²) in [4.78, 5) is 26.6. The quantitative estimate of drug-likeness (QED) is 0.120. The molecule has 0 aliphatic heterocycles. The third kappa shape index (κ3) is 15.7. The van der Waals surface area contributed by atoms with Crippen LogP contribution in [0.5, 0.6) is 0 Å². The number of benzene rings is 4. The number of hydrogen-bond acceptors (Lipinski definition) is 6. The predicted octanol–water partition coefficient (Wildman–Crippen LogP) is 15.8. The molecule has 10 nitrogen and oxygen atoms in total. The van der Waals surface area contributed by atoms with Crippen LogP contribution >= 0.6 is 0 Å². The summed E-state index contributed by atoms with van der Waals surface area (Å²) in [6.07, 6.45) is 21.7. The molecule has 10 heteroatoms. The Morgan fingerprint density at radius 3 is 1.20 bits per heavy atom. The fraction of sp³-hybridized carbons (Fsp3) is 0.215. The third-order valence-electron chi connectivity index (χ3n) is 16.5. The van der Waals surface area contributed by atoms with Gasteiger partial charge in [0.2, 0.25) is 22.8 Å². The molecule has 12 aromatic rings. The Kier molecular flexibility index (Phi) is 20.6. The highest BCUT2D eigenvalue weighted by Crippen LogP contribution is 2.34. The van der Waals surface area contributed by atoms with Crippen LogP contribution in [-0.4, -0.2) is 29.9 Å². The molecule has 0 unspecified atom stereocenters.